The number of rotatable bonds is 11. The van der Waals surface area contributed by atoms with Crippen molar-refractivity contribution in [3.8, 4) is 5.75 Å². The van der Waals surface area contributed by atoms with Crippen LogP contribution in [0.1, 0.15) is 95.5 Å². The van der Waals surface area contributed by atoms with E-state index in [1.165, 1.54) is 0 Å². The quantitative estimate of drug-likeness (QED) is 0.0526. The Morgan fingerprint density at radius 3 is 2.25 bits per heavy atom. The first-order chi connectivity index (χ1) is 29.3. The van der Waals surface area contributed by atoms with E-state index in [0.717, 1.165) is 5.56 Å². The van der Waals surface area contributed by atoms with Crippen LogP contribution in [0.3, 0.4) is 0 Å². The van der Waals surface area contributed by atoms with Crippen molar-refractivity contribution in [2.45, 2.75) is 142 Å². The lowest BCUT2D eigenvalue weighted by Crippen LogP contribution is -2.59. The number of hydroxylamine groups is 1. The summed E-state index contributed by atoms with van der Waals surface area (Å²) in [6.07, 6.45) is 0.0343. The van der Waals surface area contributed by atoms with Gasteiger partial charge in [-0.3, -0.25) is 44.6 Å². The van der Waals surface area contributed by atoms with Crippen LogP contribution in [0.4, 0.5) is 0 Å². The van der Waals surface area contributed by atoms with Gasteiger partial charge in [0.15, 0.2) is 0 Å². The van der Waals surface area contributed by atoms with Gasteiger partial charge in [-0.05, 0) is 96.4 Å². The van der Waals surface area contributed by atoms with Gasteiger partial charge in [0.25, 0.3) is 10.0 Å². The molecular weight excluding hydrogens is 835 g/mol. The molecule has 0 saturated carbocycles. The number of sulfonamides is 1. The van der Waals surface area contributed by atoms with Gasteiger partial charge in [0.1, 0.15) is 47.0 Å². The normalized spacial score (nSPS) is 21.3. The first-order valence-corrected chi connectivity index (χ1v) is 22.4. The Morgan fingerprint density at radius 1 is 0.984 bits per heavy atom. The average molecular weight is 898 g/mol. The van der Waals surface area contributed by atoms with Crippen LogP contribution in [-0.4, -0.2) is 103 Å². The Hall–Kier alpha value is -5.76. The number of carbonyl (C=O) groups excluding carboxylic acids is 5. The fraction of sp³-hybridized carbons (Fsp3) is 0.558. The van der Waals surface area contributed by atoms with Crippen molar-refractivity contribution in [3.05, 3.63) is 58.1 Å². The number of nitrogens with one attached hydrogen (secondary N) is 6. The van der Waals surface area contributed by atoms with E-state index in [2.05, 4.69) is 36.0 Å². The van der Waals surface area contributed by atoms with Crippen molar-refractivity contribution >= 4 is 51.4 Å². The maximum atomic E-state index is 14.0. The van der Waals surface area contributed by atoms with Crippen LogP contribution < -0.4 is 41.9 Å². The van der Waals surface area contributed by atoms with Gasteiger partial charge in [-0.15, -0.1) is 0 Å². The number of fused-ring (bicyclic) bond motifs is 1. The number of carbonyl (C=O) groups is 5. The second kappa shape index (κ2) is 20.6. The van der Waals surface area contributed by atoms with Crippen LogP contribution >= 0.6 is 0 Å². The zero-order valence-electron chi connectivity index (χ0n) is 37.7. The lowest BCUT2D eigenvalue weighted by atomic mass is 9.94. The molecule has 63 heavy (non-hydrogen) atoms. The number of nitrogens with two attached hydrogens (primary N) is 1. The second-order valence-electron chi connectivity index (χ2n) is 17.8. The van der Waals surface area contributed by atoms with Crippen LogP contribution in [0.5, 0.6) is 5.75 Å². The summed E-state index contributed by atoms with van der Waals surface area (Å²) >= 11 is 0. The fourth-order valence-electron chi connectivity index (χ4n) is 7.34. The number of esters is 1. The number of aliphatic imine (C=N–C) groups is 2. The van der Waals surface area contributed by atoms with Crippen LogP contribution in [0.15, 0.2) is 45.2 Å². The summed E-state index contributed by atoms with van der Waals surface area (Å²) in [4.78, 5) is 77.0. The first kappa shape index (κ1) is 49.9. The van der Waals surface area contributed by atoms with Gasteiger partial charge in [-0.2, -0.15) is 0 Å². The van der Waals surface area contributed by atoms with Crippen molar-refractivity contribution in [1.29, 1.82) is 0 Å². The minimum atomic E-state index is -4.18. The third kappa shape index (κ3) is 13.6. The van der Waals surface area contributed by atoms with E-state index in [1.807, 2.05) is 26.3 Å². The van der Waals surface area contributed by atoms with Crippen LogP contribution in [0.25, 0.3) is 0 Å². The molecule has 2 heterocycles. The highest BCUT2D eigenvalue weighted by Crippen LogP contribution is 2.43. The molecule has 4 rings (SSSR count). The molecule has 0 radical (unpaired) electrons. The van der Waals surface area contributed by atoms with Gasteiger partial charge in [0.05, 0.1) is 17.9 Å². The summed E-state index contributed by atoms with van der Waals surface area (Å²) in [5.41, 5.74) is 9.83. The van der Waals surface area contributed by atoms with E-state index >= 15 is 0 Å². The largest absolute Gasteiger partial charge is 0.487 e. The number of amides is 4. The third-order valence-corrected chi connectivity index (χ3v) is 12.1. The van der Waals surface area contributed by atoms with Crippen LogP contribution in [-0.2, 0) is 51.6 Å². The van der Waals surface area contributed by atoms with Gasteiger partial charge in [0.2, 0.25) is 29.6 Å². The molecule has 20 heteroatoms. The molecule has 9 N–H and O–H groups in total. The van der Waals surface area contributed by atoms with E-state index < -0.39 is 93.9 Å². The van der Waals surface area contributed by atoms with Crippen molar-refractivity contribution < 1.29 is 47.1 Å². The van der Waals surface area contributed by atoms with Crippen molar-refractivity contribution in [2.24, 2.45) is 21.6 Å². The lowest BCUT2D eigenvalue weighted by molar-refractivity contribution is -0.156. The second-order valence-corrected chi connectivity index (χ2v) is 19.4. The molecule has 0 saturated heterocycles. The smallest absolute Gasteiger partial charge is 0.309 e. The maximum absolute atomic E-state index is 14.0. The maximum Gasteiger partial charge on any atom is 0.309 e. The van der Waals surface area contributed by atoms with Gasteiger partial charge in [-0.1, -0.05) is 44.2 Å². The molecule has 2 aliphatic rings. The fourth-order valence-corrected chi connectivity index (χ4v) is 8.87. The zero-order valence-corrected chi connectivity index (χ0v) is 38.5. The first-order valence-electron chi connectivity index (χ1n) is 20.9. The Balaban J connectivity index is 1.59. The molecule has 19 nitrogen and oxygen atoms in total. The topological polar surface area (TPSA) is 281 Å². The lowest BCUT2D eigenvalue weighted by Gasteiger charge is -2.27. The molecular formula is C43H63N9O10S. The number of ether oxygens (including phenoxy) is 2. The Labute approximate surface area is 369 Å². The van der Waals surface area contributed by atoms with E-state index in [4.69, 9.17) is 15.2 Å². The molecule has 0 bridgehead atoms. The van der Waals surface area contributed by atoms with Crippen molar-refractivity contribution in [2.75, 3.05) is 13.1 Å². The highest BCUT2D eigenvalue weighted by molar-refractivity contribution is 7.90. The molecule has 4 atom stereocenters. The minimum absolute atomic E-state index is 0.000769. The number of guanidine groups is 1. The van der Waals surface area contributed by atoms with Crippen LogP contribution in [0, 0.1) is 26.7 Å². The Kier molecular flexibility index (Phi) is 16.3. The predicted molar refractivity (Wildman–Crippen MR) is 236 cm³/mol. The standard InChI is InChI=1S/C43H63N9O10S/c1-23(2)34-40(57)48-29(17-14-18-45-41(44)52-63(59,60)36-25(4)24(3)35-28(26(36)5)21-43(9,10)62-35)37(54)46-22-32(51-58)47-31(20-33(53)61-42(6,7)8)38(55)49-30(39(56)50-34)19-27-15-12-11-13-16-27/h11-13,15-16,23,29-31,34,58H,14,17-22H2,1-10H3,(H,46,54)(H,47,51)(H,48,57)(H,49,55)(H,50,56)(H3,44,45,52)/t29-,30+,31-,34-/m0/s1. The Bertz CT molecular complexity index is 2220. The monoisotopic (exact) mass is 897 g/mol. The molecule has 0 fully saturated rings. The third-order valence-electron chi connectivity index (χ3n) is 10.5. The average Bonchev–Trinajstić information content (AvgIpc) is 3.52. The predicted octanol–water partition coefficient (Wildman–Crippen LogP) is 1.66. The molecule has 2 aliphatic heterocycles. The molecule has 0 unspecified atom stereocenters. The van der Waals surface area contributed by atoms with E-state index in [1.54, 1.807) is 78.8 Å². The number of hydrogen-bond acceptors (Lipinski definition) is 13. The van der Waals surface area contributed by atoms with Gasteiger partial charge < -0.3 is 36.5 Å². The van der Waals surface area contributed by atoms with Gasteiger partial charge in [0, 0.05) is 24.9 Å². The number of hydrogen-bond donors (Lipinski definition) is 8. The summed E-state index contributed by atoms with van der Waals surface area (Å²) in [5.74, 6) is -4.31. The molecule has 2 aromatic rings. The van der Waals surface area contributed by atoms with Crippen molar-refractivity contribution in [1.82, 2.24) is 31.5 Å². The molecule has 0 spiro atoms. The van der Waals surface area contributed by atoms with E-state index in [-0.39, 0.29) is 42.5 Å². The number of amidine groups is 1. The molecule has 4 amide bonds. The summed E-state index contributed by atoms with van der Waals surface area (Å²) < 4.78 is 41.3. The SMILES string of the molecule is Cc1c(C)c(S(=O)(=O)NC(N)=NCCC[C@@H]2NC(=O)[C@H](C(C)C)NC(=O)[C@@H](Cc3ccccc3)NC(=O)[C@H](CC(=O)OC(C)(C)C)N=C(NO)CNC2=O)c(C)c2c1OC(C)(C)C2. The van der Waals surface area contributed by atoms with E-state index in [9.17, 15) is 37.6 Å². The molecule has 0 aromatic heterocycles. The van der Waals surface area contributed by atoms with Crippen molar-refractivity contribution in [3.63, 3.8) is 0 Å². The van der Waals surface area contributed by atoms with E-state index in [0.29, 0.717) is 34.4 Å². The van der Waals surface area contributed by atoms with Gasteiger partial charge in [-0.25, -0.2) is 13.1 Å². The molecule has 346 valence electrons. The number of benzene rings is 2. The summed E-state index contributed by atoms with van der Waals surface area (Å²) in [6.45, 7) is 16.9. The Morgan fingerprint density at radius 2 is 1.63 bits per heavy atom. The van der Waals surface area contributed by atoms with Gasteiger partial charge >= 0.3 is 5.97 Å². The van der Waals surface area contributed by atoms with Crippen LogP contribution in [0.2, 0.25) is 0 Å². The molecule has 2 aromatic carbocycles. The number of nitrogens with zero attached hydrogens (tertiary/aromatic N) is 2. The molecule has 0 aliphatic carbocycles. The summed E-state index contributed by atoms with van der Waals surface area (Å²) in [5, 5.41) is 20.7. The summed E-state index contributed by atoms with van der Waals surface area (Å²) in [7, 11) is -4.18. The highest BCUT2D eigenvalue weighted by Gasteiger charge is 2.38. The minimum Gasteiger partial charge on any atom is -0.487 e. The highest BCUT2D eigenvalue weighted by atomic mass is 32.2. The summed E-state index contributed by atoms with van der Waals surface area (Å²) in [6, 6.07) is 3.63. The zero-order chi connectivity index (χ0) is 47.0.